The zero-order valence-corrected chi connectivity index (χ0v) is 34.0. The monoisotopic (exact) mass is 709 g/mol. The van der Waals surface area contributed by atoms with E-state index in [-0.39, 0.29) is 31.1 Å². The second-order valence-corrected chi connectivity index (χ2v) is 15.9. The molecule has 0 aromatic rings. The quantitative estimate of drug-likeness (QED) is 0.0361. The van der Waals surface area contributed by atoms with Crippen LogP contribution < -0.4 is 0 Å². The average molecular weight is 709 g/mol. The summed E-state index contributed by atoms with van der Waals surface area (Å²) < 4.78 is 16.6. The summed E-state index contributed by atoms with van der Waals surface area (Å²) >= 11 is 0. The fourth-order valence-electron chi connectivity index (χ4n) is 6.40. The average Bonchev–Trinajstić information content (AvgIpc) is 3.08. The predicted octanol–water partition coefficient (Wildman–Crippen LogP) is 13.4. The summed E-state index contributed by atoms with van der Waals surface area (Å²) in [7, 11) is 0. The lowest BCUT2D eigenvalue weighted by atomic mass is 10.0. The van der Waals surface area contributed by atoms with E-state index in [0.717, 1.165) is 76.0 Å². The number of ether oxygens (including phenoxy) is 3. The van der Waals surface area contributed by atoms with Crippen LogP contribution in [0.1, 0.15) is 234 Å². The molecule has 0 N–H and O–H groups in total. The predicted molar refractivity (Wildman–Crippen MR) is 210 cm³/mol. The van der Waals surface area contributed by atoms with Crippen molar-refractivity contribution in [1.82, 2.24) is 0 Å². The Morgan fingerprint density at radius 3 is 0.980 bits per heavy atom. The molecule has 50 heavy (non-hydrogen) atoms. The highest BCUT2D eigenvalue weighted by Crippen LogP contribution is 2.16. The van der Waals surface area contributed by atoms with Crippen LogP contribution >= 0.6 is 0 Å². The highest BCUT2D eigenvalue weighted by atomic mass is 16.6. The van der Waals surface area contributed by atoms with Crippen molar-refractivity contribution in [2.75, 3.05) is 13.2 Å². The Morgan fingerprint density at radius 1 is 0.380 bits per heavy atom. The lowest BCUT2D eigenvalue weighted by Crippen LogP contribution is -2.30. The number of esters is 3. The molecule has 0 bridgehead atoms. The standard InChI is InChI=1S/C44H84O6/c1-6-7-8-22-29-34-42(45)48-37-41(38-49-43(46)35-30-25-20-17-16-19-24-28-33-40(4)5)50-44(47)36-31-26-21-15-13-11-9-10-12-14-18-23-27-32-39(2)3/h39-41H,6-38H2,1-5H3/t41-/m1/s1. The van der Waals surface area contributed by atoms with Gasteiger partial charge in [-0.3, -0.25) is 14.4 Å². The maximum Gasteiger partial charge on any atom is 0.306 e. The molecule has 0 radical (unpaired) electrons. The minimum Gasteiger partial charge on any atom is -0.462 e. The van der Waals surface area contributed by atoms with Crippen LogP contribution in [0.3, 0.4) is 0 Å². The fourth-order valence-corrected chi connectivity index (χ4v) is 6.40. The molecule has 0 heterocycles. The zero-order valence-electron chi connectivity index (χ0n) is 34.0. The Kier molecular flexibility index (Phi) is 36.0. The molecule has 0 unspecified atom stereocenters. The van der Waals surface area contributed by atoms with Gasteiger partial charge in [0.2, 0.25) is 0 Å². The largest absolute Gasteiger partial charge is 0.462 e. The van der Waals surface area contributed by atoms with Crippen LogP contribution in [-0.2, 0) is 28.6 Å². The van der Waals surface area contributed by atoms with E-state index in [1.807, 2.05) is 0 Å². The van der Waals surface area contributed by atoms with Crippen LogP contribution in [0.5, 0.6) is 0 Å². The van der Waals surface area contributed by atoms with E-state index >= 15 is 0 Å². The third kappa shape index (κ3) is 37.7. The highest BCUT2D eigenvalue weighted by Gasteiger charge is 2.19. The molecular weight excluding hydrogens is 624 g/mol. The van der Waals surface area contributed by atoms with Gasteiger partial charge in [0.1, 0.15) is 13.2 Å². The molecule has 0 spiro atoms. The molecule has 296 valence electrons. The second-order valence-electron chi connectivity index (χ2n) is 15.9. The molecule has 0 amide bonds. The van der Waals surface area contributed by atoms with E-state index in [4.69, 9.17) is 14.2 Å². The third-order valence-corrected chi connectivity index (χ3v) is 9.72. The molecular formula is C44H84O6. The normalized spacial score (nSPS) is 12.1. The molecule has 0 saturated heterocycles. The fraction of sp³-hybridized carbons (Fsp3) is 0.932. The van der Waals surface area contributed by atoms with Crippen LogP contribution in [0.2, 0.25) is 0 Å². The smallest absolute Gasteiger partial charge is 0.306 e. The number of unbranched alkanes of at least 4 members (excludes halogenated alkanes) is 23. The molecule has 0 saturated carbocycles. The van der Waals surface area contributed by atoms with Crippen molar-refractivity contribution in [3.05, 3.63) is 0 Å². The van der Waals surface area contributed by atoms with E-state index in [1.165, 1.54) is 116 Å². The van der Waals surface area contributed by atoms with Crippen molar-refractivity contribution in [2.24, 2.45) is 11.8 Å². The SMILES string of the molecule is CCCCCCCC(=O)OC[C@H](COC(=O)CCCCCCCCCCC(C)C)OC(=O)CCCCCCCCCCCCCCCC(C)C. The molecule has 0 fully saturated rings. The van der Waals surface area contributed by atoms with E-state index in [0.29, 0.717) is 19.3 Å². The van der Waals surface area contributed by atoms with Crippen molar-refractivity contribution in [1.29, 1.82) is 0 Å². The number of hydrogen-bond acceptors (Lipinski definition) is 6. The molecule has 1 atom stereocenters. The van der Waals surface area contributed by atoms with Crippen molar-refractivity contribution < 1.29 is 28.6 Å². The maximum absolute atomic E-state index is 12.6. The first-order valence-electron chi connectivity index (χ1n) is 21.7. The van der Waals surface area contributed by atoms with Gasteiger partial charge in [0.25, 0.3) is 0 Å². The van der Waals surface area contributed by atoms with Crippen molar-refractivity contribution >= 4 is 17.9 Å². The van der Waals surface area contributed by atoms with Gasteiger partial charge in [-0.1, -0.05) is 195 Å². The van der Waals surface area contributed by atoms with Crippen molar-refractivity contribution in [2.45, 2.75) is 240 Å². The van der Waals surface area contributed by atoms with Crippen molar-refractivity contribution in [3.63, 3.8) is 0 Å². The van der Waals surface area contributed by atoms with E-state index in [2.05, 4.69) is 34.6 Å². The first kappa shape index (κ1) is 48.4. The Labute approximate surface area is 310 Å². The molecule has 6 nitrogen and oxygen atoms in total. The van der Waals surface area contributed by atoms with Gasteiger partial charge in [0.15, 0.2) is 6.10 Å². The number of carbonyl (C=O) groups excluding carboxylic acids is 3. The number of hydrogen-bond donors (Lipinski definition) is 0. The van der Waals surface area contributed by atoms with Gasteiger partial charge < -0.3 is 14.2 Å². The first-order valence-corrected chi connectivity index (χ1v) is 21.7. The molecule has 0 aromatic carbocycles. The van der Waals surface area contributed by atoms with E-state index in [1.54, 1.807) is 0 Å². The Hall–Kier alpha value is -1.59. The Morgan fingerprint density at radius 2 is 0.660 bits per heavy atom. The van der Waals surface area contributed by atoms with E-state index in [9.17, 15) is 14.4 Å². The minimum atomic E-state index is -0.758. The number of rotatable bonds is 38. The third-order valence-electron chi connectivity index (χ3n) is 9.72. The summed E-state index contributed by atoms with van der Waals surface area (Å²) in [6.45, 7) is 11.2. The molecule has 6 heteroatoms. The summed E-state index contributed by atoms with van der Waals surface area (Å²) in [6.07, 6.45) is 34.1. The number of carbonyl (C=O) groups is 3. The molecule has 0 aliphatic rings. The maximum atomic E-state index is 12.6. The first-order chi connectivity index (χ1) is 24.2. The molecule has 0 aliphatic carbocycles. The van der Waals surface area contributed by atoms with Crippen LogP contribution in [0.4, 0.5) is 0 Å². The van der Waals surface area contributed by atoms with Crippen LogP contribution in [0.25, 0.3) is 0 Å². The van der Waals surface area contributed by atoms with Gasteiger partial charge in [-0.25, -0.2) is 0 Å². The van der Waals surface area contributed by atoms with Crippen molar-refractivity contribution in [3.8, 4) is 0 Å². The van der Waals surface area contributed by atoms with Gasteiger partial charge in [-0.2, -0.15) is 0 Å². The topological polar surface area (TPSA) is 78.9 Å². The van der Waals surface area contributed by atoms with Gasteiger partial charge in [-0.15, -0.1) is 0 Å². The zero-order chi connectivity index (χ0) is 36.9. The Bertz CT molecular complexity index is 764. The second kappa shape index (κ2) is 37.2. The van der Waals surface area contributed by atoms with Gasteiger partial charge in [-0.05, 0) is 31.1 Å². The minimum absolute atomic E-state index is 0.0666. The lowest BCUT2D eigenvalue weighted by Gasteiger charge is -2.18. The summed E-state index contributed by atoms with van der Waals surface area (Å²) in [6, 6.07) is 0. The summed E-state index contributed by atoms with van der Waals surface area (Å²) in [4.78, 5) is 37.4. The van der Waals surface area contributed by atoms with Gasteiger partial charge in [0.05, 0.1) is 0 Å². The lowest BCUT2D eigenvalue weighted by molar-refractivity contribution is -0.167. The van der Waals surface area contributed by atoms with E-state index < -0.39 is 6.10 Å². The Balaban J connectivity index is 4.20. The van der Waals surface area contributed by atoms with Crippen LogP contribution in [0.15, 0.2) is 0 Å². The summed E-state index contributed by atoms with van der Waals surface area (Å²) in [5.74, 6) is 0.760. The van der Waals surface area contributed by atoms with Crippen LogP contribution in [0, 0.1) is 11.8 Å². The summed E-state index contributed by atoms with van der Waals surface area (Å²) in [5, 5.41) is 0. The summed E-state index contributed by atoms with van der Waals surface area (Å²) in [5.41, 5.74) is 0. The van der Waals surface area contributed by atoms with Crippen LogP contribution in [-0.4, -0.2) is 37.2 Å². The van der Waals surface area contributed by atoms with Gasteiger partial charge >= 0.3 is 17.9 Å². The molecule has 0 rings (SSSR count). The van der Waals surface area contributed by atoms with Gasteiger partial charge in [0, 0.05) is 19.3 Å². The molecule has 0 aromatic heterocycles. The molecule has 0 aliphatic heterocycles. The highest BCUT2D eigenvalue weighted by molar-refractivity contribution is 5.71.